The Kier molecular flexibility index (Phi) is 6.53. The fourth-order valence-corrected chi connectivity index (χ4v) is 3.83. The standard InChI is InChI=1S/C22H23ClN4O2/c23-18-8-6-17(19(12-18)21(25)29)7-9-20(28)26-22(14-24)10-11-27(15-22)13-16-4-2-1-3-5-16/h1-6,8,12H,7,9-11,13,15H2,(H2,25,29)(H,26,28). The smallest absolute Gasteiger partial charge is 0.249 e. The second-order valence-corrected chi connectivity index (χ2v) is 7.79. The molecule has 0 bridgehead atoms. The summed E-state index contributed by atoms with van der Waals surface area (Å²) < 4.78 is 0. The first kappa shape index (κ1) is 20.8. The monoisotopic (exact) mass is 410 g/mol. The molecule has 1 fully saturated rings. The Bertz CT molecular complexity index is 942. The molecule has 0 radical (unpaired) electrons. The number of likely N-dealkylation sites (tertiary alicyclic amines) is 1. The van der Waals surface area contributed by atoms with Crippen LogP contribution in [-0.2, 0) is 17.8 Å². The second kappa shape index (κ2) is 9.08. The lowest BCUT2D eigenvalue weighted by Crippen LogP contribution is -2.49. The van der Waals surface area contributed by atoms with Gasteiger partial charge in [-0.25, -0.2) is 0 Å². The van der Waals surface area contributed by atoms with Crippen LogP contribution in [0.3, 0.4) is 0 Å². The van der Waals surface area contributed by atoms with E-state index in [0.717, 1.165) is 13.1 Å². The molecule has 1 saturated heterocycles. The van der Waals surface area contributed by atoms with Gasteiger partial charge in [0.25, 0.3) is 0 Å². The van der Waals surface area contributed by atoms with Gasteiger partial charge in [0.15, 0.2) is 0 Å². The normalized spacial score (nSPS) is 18.9. The van der Waals surface area contributed by atoms with Gasteiger partial charge in [-0.2, -0.15) is 5.26 Å². The Hall–Kier alpha value is -2.88. The maximum atomic E-state index is 12.5. The van der Waals surface area contributed by atoms with Crippen molar-refractivity contribution >= 4 is 23.4 Å². The van der Waals surface area contributed by atoms with E-state index in [4.69, 9.17) is 17.3 Å². The molecule has 1 aliphatic heterocycles. The molecule has 0 saturated carbocycles. The van der Waals surface area contributed by atoms with E-state index < -0.39 is 11.4 Å². The summed E-state index contributed by atoms with van der Waals surface area (Å²) in [5, 5.41) is 13.0. The maximum Gasteiger partial charge on any atom is 0.249 e. The van der Waals surface area contributed by atoms with Crippen LogP contribution in [0.1, 0.15) is 34.3 Å². The summed E-state index contributed by atoms with van der Waals surface area (Å²) in [5.41, 5.74) is 6.66. The first-order valence-electron chi connectivity index (χ1n) is 9.47. The fraction of sp³-hybridized carbons (Fsp3) is 0.318. The van der Waals surface area contributed by atoms with Gasteiger partial charge in [0.1, 0.15) is 5.54 Å². The molecule has 0 spiro atoms. The van der Waals surface area contributed by atoms with Crippen molar-refractivity contribution < 1.29 is 9.59 Å². The number of rotatable bonds is 7. The van der Waals surface area contributed by atoms with Crippen molar-refractivity contribution in [3.63, 3.8) is 0 Å². The van der Waals surface area contributed by atoms with Crippen molar-refractivity contribution in [1.82, 2.24) is 10.2 Å². The Morgan fingerprint density at radius 3 is 2.69 bits per heavy atom. The average Bonchev–Trinajstić information content (AvgIpc) is 3.10. The van der Waals surface area contributed by atoms with Gasteiger partial charge in [-0.05, 0) is 36.1 Å². The van der Waals surface area contributed by atoms with Crippen LogP contribution < -0.4 is 11.1 Å². The summed E-state index contributed by atoms with van der Waals surface area (Å²) in [5.74, 6) is -0.803. The molecule has 0 aromatic heterocycles. The summed E-state index contributed by atoms with van der Waals surface area (Å²) in [6, 6.07) is 17.2. The number of hydrogen-bond donors (Lipinski definition) is 2. The minimum atomic E-state index is -0.890. The minimum absolute atomic E-state index is 0.157. The summed E-state index contributed by atoms with van der Waals surface area (Å²) in [6.45, 7) is 1.97. The van der Waals surface area contributed by atoms with Crippen LogP contribution >= 0.6 is 11.6 Å². The number of carbonyl (C=O) groups is 2. The number of nitrogens with one attached hydrogen (secondary N) is 1. The lowest BCUT2D eigenvalue weighted by atomic mass is 9.99. The first-order valence-corrected chi connectivity index (χ1v) is 9.85. The number of carbonyl (C=O) groups excluding carboxylic acids is 2. The molecule has 3 N–H and O–H groups in total. The molecule has 2 aromatic carbocycles. The van der Waals surface area contributed by atoms with Gasteiger partial charge in [0, 0.05) is 36.6 Å². The summed E-state index contributed by atoms with van der Waals surface area (Å²) >= 11 is 5.92. The van der Waals surface area contributed by atoms with Crippen LogP contribution in [0.25, 0.3) is 0 Å². The van der Waals surface area contributed by atoms with E-state index in [1.54, 1.807) is 12.1 Å². The molecule has 1 unspecified atom stereocenters. The Balaban J connectivity index is 1.58. The number of aryl methyl sites for hydroxylation is 1. The predicted molar refractivity (Wildman–Crippen MR) is 111 cm³/mol. The number of benzene rings is 2. The van der Waals surface area contributed by atoms with Crippen LogP contribution in [0.5, 0.6) is 0 Å². The van der Waals surface area contributed by atoms with E-state index in [9.17, 15) is 14.9 Å². The summed E-state index contributed by atoms with van der Waals surface area (Å²) in [6.07, 6.45) is 1.08. The quantitative estimate of drug-likeness (QED) is 0.732. The van der Waals surface area contributed by atoms with Crippen LogP contribution in [0.4, 0.5) is 0 Å². The zero-order valence-corrected chi connectivity index (χ0v) is 16.8. The SMILES string of the molecule is N#CC1(NC(=O)CCc2ccc(Cl)cc2C(N)=O)CCN(Cc2ccccc2)C1. The van der Waals surface area contributed by atoms with Gasteiger partial charge in [0.2, 0.25) is 11.8 Å². The molecule has 7 heteroatoms. The molecule has 150 valence electrons. The van der Waals surface area contributed by atoms with Crippen molar-refractivity contribution in [2.24, 2.45) is 5.73 Å². The van der Waals surface area contributed by atoms with Crippen LogP contribution in [0.15, 0.2) is 48.5 Å². The number of halogens is 1. The van der Waals surface area contributed by atoms with E-state index in [1.165, 1.54) is 11.6 Å². The van der Waals surface area contributed by atoms with Crippen LogP contribution in [-0.4, -0.2) is 35.3 Å². The van der Waals surface area contributed by atoms with Crippen LogP contribution in [0, 0.1) is 11.3 Å². The molecular weight excluding hydrogens is 388 g/mol. The molecule has 29 heavy (non-hydrogen) atoms. The first-order chi connectivity index (χ1) is 13.9. The lowest BCUT2D eigenvalue weighted by Gasteiger charge is -2.23. The predicted octanol–water partition coefficient (Wildman–Crippen LogP) is 2.66. The van der Waals surface area contributed by atoms with Crippen molar-refractivity contribution in [1.29, 1.82) is 5.26 Å². The molecule has 0 aliphatic carbocycles. The fourth-order valence-electron chi connectivity index (χ4n) is 3.66. The highest BCUT2D eigenvalue weighted by Crippen LogP contribution is 2.23. The highest BCUT2D eigenvalue weighted by molar-refractivity contribution is 6.31. The second-order valence-electron chi connectivity index (χ2n) is 7.35. The van der Waals surface area contributed by atoms with Crippen molar-refractivity contribution in [2.75, 3.05) is 13.1 Å². The zero-order valence-electron chi connectivity index (χ0n) is 16.0. The highest BCUT2D eigenvalue weighted by atomic mass is 35.5. The third-order valence-corrected chi connectivity index (χ3v) is 5.38. The molecule has 1 heterocycles. The number of primary amides is 1. The van der Waals surface area contributed by atoms with E-state index >= 15 is 0 Å². The Morgan fingerprint density at radius 1 is 1.24 bits per heavy atom. The topological polar surface area (TPSA) is 99.2 Å². The third kappa shape index (κ3) is 5.35. The number of nitriles is 1. The highest BCUT2D eigenvalue weighted by Gasteiger charge is 2.39. The van der Waals surface area contributed by atoms with E-state index in [0.29, 0.717) is 35.5 Å². The number of nitrogens with zero attached hydrogens (tertiary/aromatic N) is 2. The van der Waals surface area contributed by atoms with Gasteiger partial charge in [-0.15, -0.1) is 0 Å². The molecule has 3 rings (SSSR count). The Labute approximate surface area is 175 Å². The van der Waals surface area contributed by atoms with Crippen molar-refractivity contribution in [3.05, 3.63) is 70.2 Å². The Morgan fingerprint density at radius 2 is 2.00 bits per heavy atom. The molecule has 1 aliphatic rings. The van der Waals surface area contributed by atoms with Gasteiger partial charge in [-0.3, -0.25) is 14.5 Å². The number of nitrogens with two attached hydrogens (primary N) is 1. The van der Waals surface area contributed by atoms with Gasteiger partial charge in [-0.1, -0.05) is 48.0 Å². The van der Waals surface area contributed by atoms with E-state index in [2.05, 4.69) is 16.3 Å². The summed E-state index contributed by atoms with van der Waals surface area (Å²) in [7, 11) is 0. The third-order valence-electron chi connectivity index (χ3n) is 5.15. The molecule has 6 nitrogen and oxygen atoms in total. The van der Waals surface area contributed by atoms with E-state index in [-0.39, 0.29) is 12.3 Å². The molecular formula is C22H23ClN4O2. The van der Waals surface area contributed by atoms with Crippen molar-refractivity contribution in [3.8, 4) is 6.07 Å². The molecule has 2 amide bonds. The lowest BCUT2D eigenvalue weighted by molar-refractivity contribution is -0.122. The van der Waals surface area contributed by atoms with Crippen molar-refractivity contribution in [2.45, 2.75) is 31.3 Å². The molecule has 1 atom stereocenters. The zero-order chi connectivity index (χ0) is 20.9. The van der Waals surface area contributed by atoms with Gasteiger partial charge >= 0.3 is 0 Å². The molecule has 2 aromatic rings. The number of amides is 2. The van der Waals surface area contributed by atoms with Gasteiger partial charge in [0.05, 0.1) is 6.07 Å². The minimum Gasteiger partial charge on any atom is -0.366 e. The van der Waals surface area contributed by atoms with Crippen LogP contribution in [0.2, 0.25) is 5.02 Å². The van der Waals surface area contributed by atoms with Gasteiger partial charge < -0.3 is 11.1 Å². The number of hydrogen-bond acceptors (Lipinski definition) is 4. The largest absolute Gasteiger partial charge is 0.366 e. The average molecular weight is 411 g/mol. The summed E-state index contributed by atoms with van der Waals surface area (Å²) in [4.78, 5) is 26.3. The maximum absolute atomic E-state index is 12.5. The van der Waals surface area contributed by atoms with E-state index in [1.807, 2.05) is 30.3 Å².